The zero-order chi connectivity index (χ0) is 16.8. The van der Waals surface area contributed by atoms with E-state index in [4.69, 9.17) is 9.47 Å². The van der Waals surface area contributed by atoms with Crippen LogP contribution in [0.25, 0.3) is 0 Å². The molecule has 0 radical (unpaired) electrons. The molecule has 1 saturated heterocycles. The van der Waals surface area contributed by atoms with Crippen LogP contribution in [-0.2, 0) is 17.6 Å². The highest BCUT2D eigenvalue weighted by Crippen LogP contribution is 2.52. The third-order valence-electron chi connectivity index (χ3n) is 6.34. The van der Waals surface area contributed by atoms with Crippen molar-refractivity contribution in [3.63, 3.8) is 0 Å². The van der Waals surface area contributed by atoms with Gasteiger partial charge in [-0.25, -0.2) is 0 Å². The second-order valence-electron chi connectivity index (χ2n) is 8.25. The molecule has 4 nitrogen and oxygen atoms in total. The first-order valence-electron chi connectivity index (χ1n) is 10.2. The van der Waals surface area contributed by atoms with Crippen LogP contribution in [0, 0.1) is 0 Å². The zero-order valence-electron chi connectivity index (χ0n) is 15.4. The lowest BCUT2D eigenvalue weighted by molar-refractivity contribution is 0.111. The molecule has 0 aromatic heterocycles. The lowest BCUT2D eigenvalue weighted by atomic mass is 9.90. The fourth-order valence-corrected chi connectivity index (χ4v) is 4.86. The molecule has 2 atom stereocenters. The number of fused-ring (bicyclic) bond motifs is 2. The molecule has 1 aromatic rings. The van der Waals surface area contributed by atoms with Gasteiger partial charge in [-0.3, -0.25) is 0 Å². The summed E-state index contributed by atoms with van der Waals surface area (Å²) in [5.41, 5.74) is 6.19. The second kappa shape index (κ2) is 6.48. The number of nitrogens with zero attached hydrogens (tertiary/aromatic N) is 1. The number of nitrogens with one attached hydrogen (secondary N) is 1. The van der Waals surface area contributed by atoms with E-state index >= 15 is 0 Å². The summed E-state index contributed by atoms with van der Waals surface area (Å²) in [6.07, 6.45) is 7.79. The summed E-state index contributed by atoms with van der Waals surface area (Å²) in [4.78, 5) is 2.63. The standard InChI is InChI=1S/C21H30N2O2/c1-14-13-25-19-11-16-6-8-22-9-7-18(16)20(15-4-5-15)21(19)23(14)12-17-3-2-10-24-17/h11,14-15,17,22H,2-10,12-13H2,1H3/t14-,17+/m1/s1. The van der Waals surface area contributed by atoms with Crippen LogP contribution >= 0.6 is 0 Å². The minimum atomic E-state index is 0.390. The van der Waals surface area contributed by atoms with Crippen LogP contribution in [0.1, 0.15) is 55.2 Å². The minimum Gasteiger partial charge on any atom is -0.489 e. The van der Waals surface area contributed by atoms with Crippen molar-refractivity contribution >= 4 is 5.69 Å². The van der Waals surface area contributed by atoms with Crippen molar-refractivity contribution in [1.29, 1.82) is 0 Å². The summed E-state index contributed by atoms with van der Waals surface area (Å²) in [7, 11) is 0. The van der Waals surface area contributed by atoms with E-state index in [0.29, 0.717) is 12.1 Å². The molecule has 0 amide bonds. The van der Waals surface area contributed by atoms with Crippen LogP contribution in [-0.4, -0.2) is 45.0 Å². The van der Waals surface area contributed by atoms with Gasteiger partial charge in [0.2, 0.25) is 0 Å². The molecule has 4 heteroatoms. The van der Waals surface area contributed by atoms with Gasteiger partial charge in [0.05, 0.1) is 17.8 Å². The molecular formula is C21H30N2O2. The van der Waals surface area contributed by atoms with E-state index in [0.717, 1.165) is 57.4 Å². The Hall–Kier alpha value is -1.26. The van der Waals surface area contributed by atoms with E-state index in [2.05, 4.69) is 23.2 Å². The largest absolute Gasteiger partial charge is 0.489 e. The maximum Gasteiger partial charge on any atom is 0.143 e. The first kappa shape index (κ1) is 16.0. The summed E-state index contributed by atoms with van der Waals surface area (Å²) in [6, 6.07) is 2.79. The Morgan fingerprint density at radius 2 is 2.08 bits per heavy atom. The number of benzene rings is 1. The molecule has 1 N–H and O–H groups in total. The number of rotatable bonds is 3. The fourth-order valence-electron chi connectivity index (χ4n) is 4.86. The quantitative estimate of drug-likeness (QED) is 0.915. The van der Waals surface area contributed by atoms with Crippen molar-refractivity contribution < 1.29 is 9.47 Å². The maximum absolute atomic E-state index is 6.25. The van der Waals surface area contributed by atoms with E-state index in [1.807, 2.05) is 0 Å². The van der Waals surface area contributed by atoms with Gasteiger partial charge in [0, 0.05) is 13.2 Å². The molecule has 4 aliphatic rings. The van der Waals surface area contributed by atoms with Gasteiger partial charge < -0.3 is 19.7 Å². The van der Waals surface area contributed by atoms with E-state index in [-0.39, 0.29) is 0 Å². The summed E-state index contributed by atoms with van der Waals surface area (Å²) in [6.45, 7) is 7.25. The maximum atomic E-state index is 6.25. The fraction of sp³-hybridized carbons (Fsp3) is 0.714. The van der Waals surface area contributed by atoms with Crippen molar-refractivity contribution in [3.05, 3.63) is 22.8 Å². The third-order valence-corrected chi connectivity index (χ3v) is 6.34. The Bertz CT molecular complexity index is 650. The van der Waals surface area contributed by atoms with Crippen LogP contribution in [0.2, 0.25) is 0 Å². The van der Waals surface area contributed by atoms with Crippen molar-refractivity contribution in [2.45, 2.75) is 63.5 Å². The molecule has 0 bridgehead atoms. The van der Waals surface area contributed by atoms with Crippen molar-refractivity contribution in [3.8, 4) is 5.75 Å². The Balaban J connectivity index is 1.59. The van der Waals surface area contributed by atoms with Gasteiger partial charge in [-0.15, -0.1) is 0 Å². The molecule has 5 rings (SSSR count). The highest BCUT2D eigenvalue weighted by atomic mass is 16.5. The zero-order valence-corrected chi connectivity index (χ0v) is 15.4. The molecule has 136 valence electrons. The Morgan fingerprint density at radius 3 is 2.88 bits per heavy atom. The molecule has 3 aliphatic heterocycles. The Morgan fingerprint density at radius 1 is 1.20 bits per heavy atom. The van der Waals surface area contributed by atoms with E-state index in [1.54, 1.807) is 11.1 Å². The SMILES string of the molecule is C[C@@H]1COc2cc3c(c(C4CC4)c2N1C[C@@H]1CCCO1)CCNCC3. The van der Waals surface area contributed by atoms with Crippen LogP contribution in [0.5, 0.6) is 5.75 Å². The summed E-state index contributed by atoms with van der Waals surface area (Å²) < 4.78 is 12.2. The summed E-state index contributed by atoms with van der Waals surface area (Å²) in [5, 5.41) is 3.58. The van der Waals surface area contributed by atoms with Gasteiger partial charge >= 0.3 is 0 Å². The van der Waals surface area contributed by atoms with Gasteiger partial charge in [-0.05, 0) is 87.2 Å². The average Bonchev–Trinajstić information content (AvgIpc) is 3.37. The number of hydrogen-bond donors (Lipinski definition) is 1. The normalized spacial score (nSPS) is 28.9. The average molecular weight is 342 g/mol. The number of ether oxygens (including phenoxy) is 2. The van der Waals surface area contributed by atoms with Crippen LogP contribution in [0.3, 0.4) is 0 Å². The van der Waals surface area contributed by atoms with E-state index in [9.17, 15) is 0 Å². The van der Waals surface area contributed by atoms with Crippen LogP contribution in [0.4, 0.5) is 5.69 Å². The molecular weight excluding hydrogens is 312 g/mol. The summed E-state index contributed by atoms with van der Waals surface area (Å²) in [5.74, 6) is 1.89. The molecule has 1 aromatic carbocycles. The van der Waals surface area contributed by atoms with Crippen LogP contribution < -0.4 is 15.0 Å². The number of anilines is 1. The monoisotopic (exact) mass is 342 g/mol. The highest BCUT2D eigenvalue weighted by molar-refractivity contribution is 5.72. The second-order valence-corrected chi connectivity index (χ2v) is 8.25. The van der Waals surface area contributed by atoms with Gasteiger partial charge in [-0.2, -0.15) is 0 Å². The van der Waals surface area contributed by atoms with Crippen molar-refractivity contribution in [2.24, 2.45) is 0 Å². The lowest BCUT2D eigenvalue weighted by Crippen LogP contribution is -2.45. The first-order chi connectivity index (χ1) is 12.3. The van der Waals surface area contributed by atoms with Gasteiger partial charge in [-0.1, -0.05) is 0 Å². The van der Waals surface area contributed by atoms with Crippen molar-refractivity contribution in [1.82, 2.24) is 5.32 Å². The predicted molar refractivity (Wildman–Crippen MR) is 100.0 cm³/mol. The van der Waals surface area contributed by atoms with E-state index in [1.165, 1.54) is 36.9 Å². The summed E-state index contributed by atoms with van der Waals surface area (Å²) >= 11 is 0. The highest BCUT2D eigenvalue weighted by Gasteiger charge is 2.38. The smallest absolute Gasteiger partial charge is 0.143 e. The molecule has 0 spiro atoms. The van der Waals surface area contributed by atoms with Crippen LogP contribution in [0.15, 0.2) is 6.07 Å². The Labute approximate surface area is 150 Å². The van der Waals surface area contributed by atoms with Crippen molar-refractivity contribution in [2.75, 3.05) is 37.7 Å². The molecule has 25 heavy (non-hydrogen) atoms. The van der Waals surface area contributed by atoms with Gasteiger partial charge in [0.25, 0.3) is 0 Å². The minimum absolute atomic E-state index is 0.390. The molecule has 3 heterocycles. The third kappa shape index (κ3) is 2.93. The molecule has 2 fully saturated rings. The van der Waals surface area contributed by atoms with Gasteiger partial charge in [0.1, 0.15) is 12.4 Å². The Kier molecular flexibility index (Phi) is 4.13. The predicted octanol–water partition coefficient (Wildman–Crippen LogP) is 3.02. The molecule has 1 aliphatic carbocycles. The molecule has 1 saturated carbocycles. The topological polar surface area (TPSA) is 33.7 Å². The van der Waals surface area contributed by atoms with E-state index < -0.39 is 0 Å². The first-order valence-corrected chi connectivity index (χ1v) is 10.2. The number of hydrogen-bond acceptors (Lipinski definition) is 4. The molecule has 0 unspecified atom stereocenters. The van der Waals surface area contributed by atoms with Gasteiger partial charge in [0.15, 0.2) is 0 Å². The lowest BCUT2D eigenvalue weighted by Gasteiger charge is -2.40.